The molecule has 43 heavy (non-hydrogen) atoms. The smallest absolute Gasteiger partial charge is 0.306 e. The zero-order valence-electron chi connectivity index (χ0n) is 28.5. The van der Waals surface area contributed by atoms with Crippen molar-refractivity contribution in [3.8, 4) is 0 Å². The third kappa shape index (κ3) is 25.6. The van der Waals surface area contributed by atoms with Crippen molar-refractivity contribution in [3.05, 3.63) is 6.92 Å². The Morgan fingerprint density at radius 1 is 0.535 bits per heavy atom. The third-order valence-corrected chi connectivity index (χ3v) is 8.73. The number of carbonyl (C=O) groups is 2. The summed E-state index contributed by atoms with van der Waals surface area (Å²) in [5, 5.41) is 8.59. The van der Waals surface area contributed by atoms with Crippen LogP contribution in [0.2, 0.25) is 0 Å². The predicted molar refractivity (Wildman–Crippen MR) is 179 cm³/mol. The predicted octanol–water partition coefficient (Wildman–Crippen LogP) is 11.8. The van der Waals surface area contributed by atoms with E-state index in [9.17, 15) is 9.59 Å². The van der Waals surface area contributed by atoms with Gasteiger partial charge in [-0.05, 0) is 45.4 Å². The number of ether oxygens (including phenoxy) is 2. The van der Waals surface area contributed by atoms with Crippen LogP contribution >= 0.6 is 0 Å². The maximum Gasteiger partial charge on any atom is 0.306 e. The highest BCUT2D eigenvalue weighted by Crippen LogP contribution is 2.38. The average molecular weight is 606 g/mol. The molecule has 0 aliphatic carbocycles. The van der Waals surface area contributed by atoms with Crippen LogP contribution in [-0.4, -0.2) is 30.3 Å². The molecule has 0 saturated heterocycles. The molecule has 0 bridgehead atoms. The van der Waals surface area contributed by atoms with Crippen LogP contribution in [0.5, 0.6) is 0 Å². The Balaban J connectivity index is 1.80. The normalized spacial score (nSPS) is 14.1. The van der Waals surface area contributed by atoms with Crippen LogP contribution in [0.4, 0.5) is 0 Å². The van der Waals surface area contributed by atoms with E-state index in [2.05, 4.69) is 31.0 Å². The first-order valence-corrected chi connectivity index (χ1v) is 18.6. The molecular weight excluding hydrogens is 536 g/mol. The van der Waals surface area contributed by atoms with Gasteiger partial charge in [-0.15, -0.1) is 0 Å². The molecule has 1 heterocycles. The van der Waals surface area contributed by atoms with Gasteiger partial charge in [0.25, 0.3) is 0 Å². The molecule has 0 saturated carbocycles. The minimum atomic E-state index is -0.627. The summed E-state index contributed by atoms with van der Waals surface area (Å²) in [6, 6.07) is 0. The first-order valence-electron chi connectivity index (χ1n) is 18.6. The second-order valence-electron chi connectivity index (χ2n) is 13.1. The fraction of sp³-hybridized carbons (Fsp3) is 0.919. The Kier molecular flexibility index (Phi) is 25.8. The summed E-state index contributed by atoms with van der Waals surface area (Å²) in [7, 11) is 0. The van der Waals surface area contributed by atoms with E-state index in [0.29, 0.717) is 12.8 Å². The number of carbonyl (C=O) groups excluding carboxylic acids is 2. The van der Waals surface area contributed by atoms with Gasteiger partial charge >= 0.3 is 11.9 Å². The summed E-state index contributed by atoms with van der Waals surface area (Å²) >= 11 is 0. The molecule has 1 aliphatic rings. The van der Waals surface area contributed by atoms with Gasteiger partial charge in [0.05, 0.1) is 0 Å². The molecular formula is C37H69N2O4. The van der Waals surface area contributed by atoms with Crippen molar-refractivity contribution in [2.75, 3.05) is 6.61 Å². The summed E-state index contributed by atoms with van der Waals surface area (Å²) in [6.07, 6.45) is 33.7. The lowest BCUT2D eigenvalue weighted by Crippen LogP contribution is -2.22. The Labute approximate surface area is 266 Å². The molecule has 1 atom stereocenters. The van der Waals surface area contributed by atoms with E-state index < -0.39 is 6.10 Å². The van der Waals surface area contributed by atoms with Crippen LogP contribution in [0.1, 0.15) is 200 Å². The topological polar surface area (TPSA) is 77.3 Å². The molecule has 0 aromatic rings. The zero-order valence-corrected chi connectivity index (χ0v) is 28.5. The Bertz CT molecular complexity index is 690. The second-order valence-corrected chi connectivity index (χ2v) is 13.1. The number of hydrogen-bond donors (Lipinski definition) is 0. The highest BCUT2D eigenvalue weighted by Gasteiger charge is 2.37. The van der Waals surface area contributed by atoms with Gasteiger partial charge in [-0.2, -0.15) is 10.2 Å². The highest BCUT2D eigenvalue weighted by molar-refractivity contribution is 5.70. The number of hydrogen-bond acceptors (Lipinski definition) is 6. The highest BCUT2D eigenvalue weighted by atomic mass is 16.6. The van der Waals surface area contributed by atoms with Gasteiger partial charge in [-0.1, -0.05) is 149 Å². The molecule has 0 spiro atoms. The van der Waals surface area contributed by atoms with Gasteiger partial charge in [0, 0.05) is 12.8 Å². The second kappa shape index (κ2) is 28.0. The van der Waals surface area contributed by atoms with Crippen molar-refractivity contribution in [1.82, 2.24) is 0 Å². The van der Waals surface area contributed by atoms with Crippen LogP contribution in [0.15, 0.2) is 10.2 Å². The van der Waals surface area contributed by atoms with E-state index >= 15 is 0 Å². The monoisotopic (exact) mass is 606 g/mol. The van der Waals surface area contributed by atoms with E-state index in [1.807, 2.05) is 0 Å². The van der Waals surface area contributed by atoms with Crippen molar-refractivity contribution in [1.29, 1.82) is 0 Å². The largest absolute Gasteiger partial charge is 0.462 e. The van der Waals surface area contributed by atoms with Crippen molar-refractivity contribution < 1.29 is 19.1 Å². The first kappa shape index (κ1) is 39.6. The van der Waals surface area contributed by atoms with Crippen LogP contribution in [-0.2, 0) is 19.1 Å². The summed E-state index contributed by atoms with van der Waals surface area (Å²) in [4.78, 5) is 24.1. The maximum atomic E-state index is 12.1. The maximum absolute atomic E-state index is 12.1. The standard InChI is InChI=1S/C37H69N2O4/c1-4-6-8-9-10-11-12-13-14-17-20-23-26-29-35(40)42-33-34(3)43-36(41)30-27-24-21-18-15-16-19-22-25-28-32-37(38-39-37)31-7-5-2/h34H,3-33H2,1-2H3. The fourth-order valence-electron chi connectivity index (χ4n) is 5.77. The van der Waals surface area contributed by atoms with Gasteiger partial charge in [0.2, 0.25) is 0 Å². The average Bonchev–Trinajstić information content (AvgIpc) is 3.77. The van der Waals surface area contributed by atoms with Gasteiger partial charge < -0.3 is 9.47 Å². The van der Waals surface area contributed by atoms with Crippen molar-refractivity contribution in [2.45, 2.75) is 212 Å². The van der Waals surface area contributed by atoms with Crippen LogP contribution < -0.4 is 0 Å². The SMILES string of the molecule is [CH2]C(COC(=O)CCCCCCCCCCCCCCC)OC(=O)CCCCCCCCCCCCC1(CCCC)N=N1. The van der Waals surface area contributed by atoms with Crippen molar-refractivity contribution in [3.63, 3.8) is 0 Å². The molecule has 1 rings (SSSR count). The molecule has 1 radical (unpaired) electrons. The molecule has 0 aromatic carbocycles. The van der Waals surface area contributed by atoms with Gasteiger partial charge in [-0.3, -0.25) is 9.59 Å². The molecule has 1 aliphatic heterocycles. The van der Waals surface area contributed by atoms with E-state index in [4.69, 9.17) is 9.47 Å². The number of esters is 2. The number of rotatable bonds is 33. The fourth-order valence-corrected chi connectivity index (χ4v) is 5.77. The number of unbranched alkanes of at least 4 members (excludes halogenated alkanes) is 22. The Hall–Kier alpha value is -1.46. The molecule has 0 fully saturated rings. The molecule has 6 heteroatoms. The third-order valence-electron chi connectivity index (χ3n) is 8.73. The quantitative estimate of drug-likeness (QED) is 0.0550. The first-order chi connectivity index (χ1) is 21.0. The molecule has 251 valence electrons. The molecule has 6 nitrogen and oxygen atoms in total. The minimum Gasteiger partial charge on any atom is -0.462 e. The van der Waals surface area contributed by atoms with Gasteiger partial charge in [-0.25, -0.2) is 0 Å². The molecule has 0 amide bonds. The zero-order chi connectivity index (χ0) is 31.3. The van der Waals surface area contributed by atoms with E-state index in [1.54, 1.807) is 0 Å². The molecule has 0 aromatic heterocycles. The number of nitrogens with zero attached hydrogens (tertiary/aromatic N) is 2. The molecule has 0 N–H and O–H groups in total. The van der Waals surface area contributed by atoms with Crippen molar-refractivity contribution in [2.24, 2.45) is 10.2 Å². The summed E-state index contributed by atoms with van der Waals surface area (Å²) in [5.41, 5.74) is 0.0230. The van der Waals surface area contributed by atoms with E-state index in [-0.39, 0.29) is 24.2 Å². The van der Waals surface area contributed by atoms with Gasteiger partial charge in [0.1, 0.15) is 12.7 Å². The lowest BCUT2D eigenvalue weighted by atomic mass is 9.98. The van der Waals surface area contributed by atoms with Gasteiger partial charge in [0.15, 0.2) is 5.66 Å². The Morgan fingerprint density at radius 3 is 1.35 bits per heavy atom. The summed E-state index contributed by atoms with van der Waals surface area (Å²) < 4.78 is 10.6. The lowest BCUT2D eigenvalue weighted by Gasteiger charge is -2.13. The Morgan fingerprint density at radius 2 is 0.907 bits per heavy atom. The summed E-state index contributed by atoms with van der Waals surface area (Å²) in [6.45, 7) is 8.36. The van der Waals surface area contributed by atoms with Crippen LogP contribution in [0.25, 0.3) is 0 Å². The van der Waals surface area contributed by atoms with Crippen LogP contribution in [0.3, 0.4) is 0 Å². The summed E-state index contributed by atoms with van der Waals surface area (Å²) in [5.74, 6) is -0.454. The lowest BCUT2D eigenvalue weighted by molar-refractivity contribution is -0.156. The van der Waals surface area contributed by atoms with E-state index in [0.717, 1.165) is 38.5 Å². The van der Waals surface area contributed by atoms with Crippen LogP contribution in [0, 0.1) is 6.92 Å². The molecule has 1 unspecified atom stereocenters. The van der Waals surface area contributed by atoms with Crippen molar-refractivity contribution >= 4 is 11.9 Å². The minimum absolute atomic E-state index is 0.0230. The van der Waals surface area contributed by atoms with E-state index in [1.165, 1.54) is 135 Å².